The summed E-state index contributed by atoms with van der Waals surface area (Å²) in [5.41, 5.74) is 8.57. The quantitative estimate of drug-likeness (QED) is 0.892. The smallest absolute Gasteiger partial charge is 0.0762 e. The molecule has 0 saturated carbocycles. The molecule has 1 heterocycles. The molecule has 19 heavy (non-hydrogen) atoms. The van der Waals surface area contributed by atoms with Gasteiger partial charge < -0.3 is 5.73 Å². The maximum absolute atomic E-state index is 6.52. The molecule has 0 spiro atoms. The molecule has 0 radical (unpaired) electrons. The van der Waals surface area contributed by atoms with Crippen molar-refractivity contribution in [1.29, 1.82) is 0 Å². The first-order chi connectivity index (χ1) is 9.24. The first-order valence-electron chi connectivity index (χ1n) is 6.81. The highest BCUT2D eigenvalue weighted by molar-refractivity contribution is 5.30. The van der Waals surface area contributed by atoms with E-state index >= 15 is 0 Å². The summed E-state index contributed by atoms with van der Waals surface area (Å²) in [6.07, 6.45) is 7.11. The molecule has 1 aromatic carbocycles. The largest absolute Gasteiger partial charge is 0.322 e. The molecule has 2 aromatic rings. The fourth-order valence-corrected chi connectivity index (χ4v) is 2.80. The lowest BCUT2D eigenvalue weighted by molar-refractivity contribution is 0.317. The average Bonchev–Trinajstić information content (AvgIpc) is 2.51. The summed E-state index contributed by atoms with van der Waals surface area (Å²) in [5.74, 6) is 0. The number of hydrogen-bond acceptors (Lipinski definition) is 3. The highest BCUT2D eigenvalue weighted by Gasteiger charge is 2.36. The molecule has 100 valence electrons. The predicted octanol–water partition coefficient (Wildman–Crippen LogP) is 3.23. The topological polar surface area (TPSA) is 51.8 Å². The van der Waals surface area contributed by atoms with Crippen LogP contribution in [0.1, 0.15) is 44.0 Å². The van der Waals surface area contributed by atoms with Crippen molar-refractivity contribution in [2.75, 3.05) is 0 Å². The van der Waals surface area contributed by atoms with Gasteiger partial charge in [0.1, 0.15) is 0 Å². The van der Waals surface area contributed by atoms with E-state index in [4.69, 9.17) is 5.73 Å². The van der Waals surface area contributed by atoms with Crippen molar-refractivity contribution in [3.05, 3.63) is 60.2 Å². The second-order valence-corrected chi connectivity index (χ2v) is 4.84. The zero-order valence-corrected chi connectivity index (χ0v) is 11.6. The number of nitrogens with zero attached hydrogens (tertiary/aromatic N) is 2. The molecule has 0 aliphatic rings. The lowest BCUT2D eigenvalue weighted by atomic mass is 9.69. The van der Waals surface area contributed by atoms with Gasteiger partial charge >= 0.3 is 0 Å². The molecular weight excluding hydrogens is 234 g/mol. The van der Waals surface area contributed by atoms with E-state index in [-0.39, 0.29) is 11.5 Å². The van der Waals surface area contributed by atoms with Crippen LogP contribution in [0.15, 0.2) is 48.9 Å². The third-order valence-corrected chi connectivity index (χ3v) is 4.11. The van der Waals surface area contributed by atoms with Gasteiger partial charge in [0.05, 0.1) is 11.7 Å². The highest BCUT2D eigenvalue weighted by atomic mass is 14.8. The van der Waals surface area contributed by atoms with Crippen molar-refractivity contribution in [2.24, 2.45) is 5.73 Å². The Bertz CT molecular complexity index is 492. The van der Waals surface area contributed by atoms with Crippen molar-refractivity contribution in [1.82, 2.24) is 9.97 Å². The van der Waals surface area contributed by atoms with E-state index in [1.54, 1.807) is 18.6 Å². The van der Waals surface area contributed by atoms with Crippen LogP contribution in [0, 0.1) is 0 Å². The van der Waals surface area contributed by atoms with E-state index in [1.807, 2.05) is 6.07 Å². The van der Waals surface area contributed by atoms with Gasteiger partial charge in [-0.1, -0.05) is 44.2 Å². The van der Waals surface area contributed by atoms with E-state index in [1.165, 1.54) is 5.56 Å². The van der Waals surface area contributed by atoms with Crippen molar-refractivity contribution in [3.8, 4) is 0 Å². The lowest BCUT2D eigenvalue weighted by Crippen LogP contribution is -2.38. The van der Waals surface area contributed by atoms with E-state index in [9.17, 15) is 0 Å². The van der Waals surface area contributed by atoms with Gasteiger partial charge in [-0.2, -0.15) is 0 Å². The molecule has 0 amide bonds. The summed E-state index contributed by atoms with van der Waals surface area (Å²) < 4.78 is 0. The Morgan fingerprint density at radius 1 is 1.11 bits per heavy atom. The molecule has 1 aromatic heterocycles. The van der Waals surface area contributed by atoms with Gasteiger partial charge in [-0.3, -0.25) is 9.97 Å². The van der Waals surface area contributed by atoms with Gasteiger partial charge in [-0.25, -0.2) is 0 Å². The third kappa shape index (κ3) is 2.51. The van der Waals surface area contributed by atoms with Crippen LogP contribution < -0.4 is 5.73 Å². The monoisotopic (exact) mass is 255 g/mol. The van der Waals surface area contributed by atoms with Gasteiger partial charge in [-0.15, -0.1) is 0 Å². The Kier molecular flexibility index (Phi) is 4.27. The summed E-state index contributed by atoms with van der Waals surface area (Å²) in [5, 5.41) is 0. The fraction of sp³-hybridized carbons (Fsp3) is 0.375. The molecule has 0 bridgehead atoms. The fourth-order valence-electron chi connectivity index (χ4n) is 2.80. The molecule has 3 heteroatoms. The van der Waals surface area contributed by atoms with Gasteiger partial charge in [-0.05, 0) is 18.4 Å². The predicted molar refractivity (Wildman–Crippen MR) is 77.7 cm³/mol. The van der Waals surface area contributed by atoms with Crippen LogP contribution >= 0.6 is 0 Å². The first kappa shape index (κ1) is 13.7. The zero-order valence-electron chi connectivity index (χ0n) is 11.6. The minimum absolute atomic E-state index is 0.0860. The van der Waals surface area contributed by atoms with Crippen LogP contribution in [0.4, 0.5) is 0 Å². The Balaban J connectivity index is 2.45. The second-order valence-electron chi connectivity index (χ2n) is 4.84. The van der Waals surface area contributed by atoms with E-state index in [0.29, 0.717) is 0 Å². The SMILES string of the molecule is CCC(CC)(c1ccccc1)C(N)c1cnccn1. The molecule has 1 unspecified atom stereocenters. The van der Waals surface area contributed by atoms with Crippen molar-refractivity contribution in [3.63, 3.8) is 0 Å². The van der Waals surface area contributed by atoms with E-state index < -0.39 is 0 Å². The maximum atomic E-state index is 6.52. The Hall–Kier alpha value is -1.74. The Morgan fingerprint density at radius 2 is 1.79 bits per heavy atom. The summed E-state index contributed by atoms with van der Waals surface area (Å²) >= 11 is 0. The van der Waals surface area contributed by atoms with E-state index in [0.717, 1.165) is 18.5 Å². The molecule has 0 saturated heterocycles. The molecule has 0 aliphatic heterocycles. The first-order valence-corrected chi connectivity index (χ1v) is 6.81. The highest BCUT2D eigenvalue weighted by Crippen LogP contribution is 2.40. The van der Waals surface area contributed by atoms with Crippen LogP contribution in [0.25, 0.3) is 0 Å². The van der Waals surface area contributed by atoms with Crippen molar-refractivity contribution < 1.29 is 0 Å². The van der Waals surface area contributed by atoms with Crippen LogP contribution in [0.5, 0.6) is 0 Å². The third-order valence-electron chi connectivity index (χ3n) is 4.11. The molecule has 0 aliphatic carbocycles. The number of benzene rings is 1. The molecular formula is C16H21N3. The van der Waals surface area contributed by atoms with E-state index in [2.05, 4.69) is 48.1 Å². The molecule has 0 fully saturated rings. The zero-order chi connectivity index (χ0) is 13.7. The number of aromatic nitrogens is 2. The molecule has 2 N–H and O–H groups in total. The van der Waals surface area contributed by atoms with Gasteiger partial charge in [0.2, 0.25) is 0 Å². The minimum atomic E-state index is -0.140. The summed E-state index contributed by atoms with van der Waals surface area (Å²) in [6, 6.07) is 10.3. The number of hydrogen-bond donors (Lipinski definition) is 1. The van der Waals surface area contributed by atoms with Gasteiger partial charge in [0.25, 0.3) is 0 Å². The van der Waals surface area contributed by atoms with Crippen LogP contribution in [-0.2, 0) is 5.41 Å². The minimum Gasteiger partial charge on any atom is -0.322 e. The second kappa shape index (κ2) is 5.93. The molecule has 2 rings (SSSR count). The van der Waals surface area contributed by atoms with Crippen molar-refractivity contribution >= 4 is 0 Å². The Labute approximate surface area is 114 Å². The average molecular weight is 255 g/mol. The Morgan fingerprint density at radius 3 is 2.32 bits per heavy atom. The molecule has 3 nitrogen and oxygen atoms in total. The van der Waals surface area contributed by atoms with Crippen LogP contribution in [0.3, 0.4) is 0 Å². The van der Waals surface area contributed by atoms with Crippen LogP contribution in [-0.4, -0.2) is 9.97 Å². The van der Waals surface area contributed by atoms with Crippen LogP contribution in [0.2, 0.25) is 0 Å². The summed E-state index contributed by atoms with van der Waals surface area (Å²) in [7, 11) is 0. The summed E-state index contributed by atoms with van der Waals surface area (Å²) in [4.78, 5) is 8.52. The lowest BCUT2D eigenvalue weighted by Gasteiger charge is -2.37. The summed E-state index contributed by atoms with van der Waals surface area (Å²) in [6.45, 7) is 4.37. The molecule has 1 atom stereocenters. The van der Waals surface area contributed by atoms with Crippen molar-refractivity contribution in [2.45, 2.75) is 38.1 Å². The maximum Gasteiger partial charge on any atom is 0.0762 e. The normalized spacial score (nSPS) is 13.2. The standard InChI is InChI=1S/C16H21N3/c1-3-16(4-2,13-8-6-5-7-9-13)15(17)14-12-18-10-11-19-14/h5-12,15H,3-4,17H2,1-2H3. The number of nitrogens with two attached hydrogens (primary N) is 1. The van der Waals surface area contributed by atoms with Gasteiger partial charge in [0.15, 0.2) is 0 Å². The van der Waals surface area contributed by atoms with Gasteiger partial charge in [0, 0.05) is 24.0 Å². The number of rotatable bonds is 5.